The van der Waals surface area contributed by atoms with Gasteiger partial charge in [0.1, 0.15) is 11.9 Å². The molecule has 266 valence electrons. The zero-order valence-corrected chi connectivity index (χ0v) is 29.3. The minimum Gasteiger partial charge on any atom is -0.488 e. The summed E-state index contributed by atoms with van der Waals surface area (Å²) in [5, 5.41) is 15.5. The van der Waals surface area contributed by atoms with Crippen LogP contribution in [-0.2, 0) is 37.9 Å². The predicted molar refractivity (Wildman–Crippen MR) is 186 cm³/mol. The number of aliphatic hydroxyl groups excluding tert-OH is 1. The minimum absolute atomic E-state index is 0.0183. The van der Waals surface area contributed by atoms with Crippen LogP contribution in [0.1, 0.15) is 51.5 Å². The van der Waals surface area contributed by atoms with Gasteiger partial charge < -0.3 is 35.7 Å². The second-order valence-electron chi connectivity index (χ2n) is 12.6. The standard InChI is InChI=1S/C34H47N7O7S/c1-23-18-41(24(2)21-42)34(45)17-25-16-26(37-31(43)12-6-5-7-13-32(44)38-28-11-9-8-10-27(28)35)14-15-29(25)48-30(23)19-40(4)49(46,47)33-20-39(3)22-36-33/h8-11,14-16,20,22-24,30,42H,5-7,12-13,17-19,21,35H2,1-4H3,(H,37,43)(H,38,44)/t23-,24+,30-/m0/s1. The van der Waals surface area contributed by atoms with Crippen LogP contribution in [0.5, 0.6) is 5.75 Å². The van der Waals surface area contributed by atoms with E-state index in [0.29, 0.717) is 54.1 Å². The van der Waals surface area contributed by atoms with Gasteiger partial charge in [-0.15, -0.1) is 0 Å². The van der Waals surface area contributed by atoms with Crippen LogP contribution in [0, 0.1) is 5.92 Å². The summed E-state index contributed by atoms with van der Waals surface area (Å²) in [6.45, 7) is 3.60. The van der Waals surface area contributed by atoms with E-state index >= 15 is 0 Å². The second kappa shape index (κ2) is 16.8. The van der Waals surface area contributed by atoms with Crippen LogP contribution in [-0.4, -0.2) is 88.9 Å². The van der Waals surface area contributed by atoms with Gasteiger partial charge >= 0.3 is 0 Å². The smallest absolute Gasteiger partial charge is 0.261 e. The third-order valence-corrected chi connectivity index (χ3v) is 10.2. The number of ether oxygens (including phenoxy) is 1. The van der Waals surface area contributed by atoms with Crippen molar-refractivity contribution in [1.29, 1.82) is 0 Å². The highest BCUT2D eigenvalue weighted by atomic mass is 32.2. The molecule has 14 nitrogen and oxygen atoms in total. The Kier molecular flexibility index (Phi) is 12.8. The van der Waals surface area contributed by atoms with Gasteiger partial charge in [0.2, 0.25) is 17.7 Å². The number of benzene rings is 2. The van der Waals surface area contributed by atoms with Gasteiger partial charge in [-0.25, -0.2) is 13.4 Å². The van der Waals surface area contributed by atoms with Crippen LogP contribution in [0.15, 0.2) is 60.0 Å². The summed E-state index contributed by atoms with van der Waals surface area (Å²) < 4.78 is 35.7. The van der Waals surface area contributed by atoms with Gasteiger partial charge in [0.15, 0.2) is 5.03 Å². The number of aryl methyl sites for hydroxylation is 1. The number of carbonyl (C=O) groups excluding carboxylic acids is 3. The largest absolute Gasteiger partial charge is 0.488 e. The first-order valence-electron chi connectivity index (χ1n) is 16.4. The van der Waals surface area contributed by atoms with Crippen LogP contribution in [0.2, 0.25) is 0 Å². The van der Waals surface area contributed by atoms with E-state index in [4.69, 9.17) is 10.5 Å². The number of nitrogens with zero attached hydrogens (tertiary/aromatic N) is 4. The summed E-state index contributed by atoms with van der Waals surface area (Å²) in [4.78, 5) is 44.2. The summed E-state index contributed by atoms with van der Waals surface area (Å²) in [5.74, 6) is -0.482. The highest BCUT2D eigenvalue weighted by molar-refractivity contribution is 7.89. The molecule has 15 heteroatoms. The number of nitrogens with one attached hydrogen (secondary N) is 2. The highest BCUT2D eigenvalue weighted by Crippen LogP contribution is 2.30. The normalized spacial score (nSPS) is 17.3. The third-order valence-electron chi connectivity index (χ3n) is 8.54. The lowest BCUT2D eigenvalue weighted by Gasteiger charge is -2.33. The maximum absolute atomic E-state index is 13.5. The van der Waals surface area contributed by atoms with Crippen LogP contribution in [0.3, 0.4) is 0 Å². The molecule has 2 heterocycles. The van der Waals surface area contributed by atoms with Gasteiger partial charge in [0.25, 0.3) is 10.0 Å². The van der Waals surface area contributed by atoms with Crippen molar-refractivity contribution in [3.05, 3.63) is 60.6 Å². The Morgan fingerprint density at radius 3 is 2.47 bits per heavy atom. The number of imidazole rings is 1. The topological polar surface area (TPSA) is 189 Å². The van der Waals surface area contributed by atoms with Crippen LogP contribution in [0.4, 0.5) is 17.1 Å². The fraction of sp³-hybridized carbons (Fsp3) is 0.471. The number of unbranched alkanes of at least 4 members (excludes halogenated alkanes) is 2. The molecule has 0 radical (unpaired) electrons. The number of hydrogen-bond donors (Lipinski definition) is 4. The monoisotopic (exact) mass is 697 g/mol. The SMILES string of the molecule is C[C@H](CO)N1C[C@H](C)[C@H](CN(C)S(=O)(=O)c2cn(C)cn2)Oc2ccc(NC(=O)CCCCCC(=O)Nc3ccccc3N)cc2CC1=O. The number of amides is 3. The van der Waals surface area contributed by atoms with Crippen molar-refractivity contribution in [2.24, 2.45) is 13.0 Å². The molecule has 3 amide bonds. The number of sulfonamides is 1. The second-order valence-corrected chi connectivity index (χ2v) is 14.6. The van der Waals surface area contributed by atoms with Crippen molar-refractivity contribution >= 4 is 44.8 Å². The van der Waals surface area contributed by atoms with Crippen molar-refractivity contribution in [3.8, 4) is 5.75 Å². The van der Waals surface area contributed by atoms with Crippen molar-refractivity contribution < 1.29 is 32.6 Å². The Morgan fingerprint density at radius 1 is 1.12 bits per heavy atom. The van der Waals surface area contributed by atoms with E-state index in [1.807, 2.05) is 6.92 Å². The molecule has 0 fully saturated rings. The molecule has 4 rings (SSSR count). The number of rotatable bonds is 14. The molecule has 0 aliphatic carbocycles. The van der Waals surface area contributed by atoms with Gasteiger partial charge in [0.05, 0.1) is 43.3 Å². The highest BCUT2D eigenvalue weighted by Gasteiger charge is 2.34. The van der Waals surface area contributed by atoms with E-state index < -0.39 is 22.2 Å². The van der Waals surface area contributed by atoms with Crippen molar-refractivity contribution in [3.63, 3.8) is 0 Å². The number of aliphatic hydroxyl groups is 1. The Balaban J connectivity index is 1.40. The Bertz CT molecular complexity index is 1730. The summed E-state index contributed by atoms with van der Waals surface area (Å²) in [6, 6.07) is 11.6. The number of fused-ring (bicyclic) bond motifs is 1. The van der Waals surface area contributed by atoms with E-state index in [2.05, 4.69) is 15.6 Å². The van der Waals surface area contributed by atoms with E-state index in [9.17, 15) is 27.9 Å². The summed E-state index contributed by atoms with van der Waals surface area (Å²) in [5.41, 5.74) is 7.96. The first kappa shape index (κ1) is 37.4. The fourth-order valence-corrected chi connectivity index (χ4v) is 6.70. The zero-order valence-electron chi connectivity index (χ0n) is 28.5. The van der Waals surface area contributed by atoms with Crippen LogP contribution in [0.25, 0.3) is 0 Å². The molecule has 0 bridgehead atoms. The molecular formula is C34H47N7O7S. The molecule has 0 unspecified atom stereocenters. The van der Waals surface area contributed by atoms with E-state index in [1.54, 1.807) is 65.9 Å². The fourth-order valence-electron chi connectivity index (χ4n) is 5.55. The average Bonchev–Trinajstić information content (AvgIpc) is 3.52. The number of anilines is 3. The van der Waals surface area contributed by atoms with Gasteiger partial charge in [-0.05, 0) is 50.1 Å². The molecule has 1 aliphatic heterocycles. The van der Waals surface area contributed by atoms with Gasteiger partial charge in [-0.3, -0.25) is 14.4 Å². The first-order valence-corrected chi connectivity index (χ1v) is 17.8. The Morgan fingerprint density at radius 2 is 1.82 bits per heavy atom. The quantitative estimate of drug-likeness (QED) is 0.145. The van der Waals surface area contributed by atoms with Crippen LogP contribution >= 0.6 is 0 Å². The van der Waals surface area contributed by atoms with E-state index in [1.165, 1.54) is 23.9 Å². The number of hydrogen-bond acceptors (Lipinski definition) is 9. The van der Waals surface area contributed by atoms with Crippen molar-refractivity contribution in [1.82, 2.24) is 18.8 Å². The number of nitrogens with two attached hydrogens (primary N) is 1. The average molecular weight is 698 g/mol. The molecule has 0 saturated carbocycles. The molecule has 1 aliphatic rings. The molecule has 0 spiro atoms. The lowest BCUT2D eigenvalue weighted by Crippen LogP contribution is -2.48. The van der Waals surface area contributed by atoms with Gasteiger partial charge in [-0.2, -0.15) is 4.31 Å². The molecule has 3 atom stereocenters. The lowest BCUT2D eigenvalue weighted by molar-refractivity contribution is -0.134. The Hall–Kier alpha value is -4.47. The third kappa shape index (κ3) is 10.0. The van der Waals surface area contributed by atoms with E-state index in [-0.39, 0.29) is 61.2 Å². The van der Waals surface area contributed by atoms with Crippen molar-refractivity contribution in [2.45, 2.75) is 69.5 Å². The summed E-state index contributed by atoms with van der Waals surface area (Å²) in [6.07, 6.45) is 4.58. The number of aromatic nitrogens is 2. The lowest BCUT2D eigenvalue weighted by atomic mass is 10.0. The summed E-state index contributed by atoms with van der Waals surface area (Å²) in [7, 11) is -0.771. The summed E-state index contributed by atoms with van der Waals surface area (Å²) >= 11 is 0. The Labute approximate surface area is 287 Å². The molecule has 5 N–H and O–H groups in total. The molecule has 3 aromatic rings. The van der Waals surface area contributed by atoms with E-state index in [0.717, 1.165) is 0 Å². The zero-order chi connectivity index (χ0) is 35.7. The van der Waals surface area contributed by atoms with Gasteiger partial charge in [0, 0.05) is 56.8 Å². The number of nitrogen functional groups attached to an aromatic ring is 1. The molecule has 0 saturated heterocycles. The number of likely N-dealkylation sites (N-methyl/N-ethyl adjacent to an activating group) is 1. The number of para-hydroxylation sites is 2. The first-order chi connectivity index (χ1) is 23.3. The molecule has 49 heavy (non-hydrogen) atoms. The number of carbonyl (C=O) groups is 3. The minimum atomic E-state index is -3.92. The predicted octanol–water partition coefficient (Wildman–Crippen LogP) is 3.00. The molecule has 2 aromatic carbocycles. The molecular weight excluding hydrogens is 650 g/mol. The van der Waals surface area contributed by atoms with Gasteiger partial charge in [-0.1, -0.05) is 25.5 Å². The van der Waals surface area contributed by atoms with Crippen LogP contribution < -0.4 is 21.1 Å². The molecule has 1 aromatic heterocycles. The van der Waals surface area contributed by atoms with Crippen molar-refractivity contribution in [2.75, 3.05) is 43.1 Å². The maximum Gasteiger partial charge on any atom is 0.261 e. The maximum atomic E-state index is 13.5.